The van der Waals surface area contributed by atoms with Crippen molar-refractivity contribution in [2.24, 2.45) is 0 Å². The van der Waals surface area contributed by atoms with Crippen LogP contribution in [0.25, 0.3) is 10.9 Å². The van der Waals surface area contributed by atoms with Crippen molar-refractivity contribution >= 4 is 20.3 Å². The van der Waals surface area contributed by atoms with Gasteiger partial charge in [0, 0.05) is 5.39 Å². The fourth-order valence-corrected chi connectivity index (χ4v) is 1.44. The molecule has 11 heavy (non-hydrogen) atoms. The molecule has 0 radical (unpaired) electrons. The highest BCUT2D eigenvalue weighted by molar-refractivity contribution is 7.14. The summed E-state index contributed by atoms with van der Waals surface area (Å²) in [5.74, 6) is 0. The van der Waals surface area contributed by atoms with E-state index < -0.39 is 0 Å². The molecule has 0 N–H and O–H groups in total. The van der Waals surface area contributed by atoms with Crippen molar-refractivity contribution in [2.75, 3.05) is 0 Å². The van der Waals surface area contributed by atoms with Gasteiger partial charge in [0.1, 0.15) is 0 Å². The fraction of sp³-hybridized carbons (Fsp3) is 0.125. The van der Waals surface area contributed by atoms with Crippen LogP contribution in [0.4, 0.5) is 0 Å². The van der Waals surface area contributed by atoms with Crippen LogP contribution >= 0.6 is 9.39 Å². The molecule has 0 spiro atoms. The first-order chi connectivity index (χ1) is 5.27. The molecule has 1 aromatic heterocycles. The Bertz CT molecular complexity index is 392. The molecule has 0 aliphatic carbocycles. The first kappa shape index (κ1) is 6.81. The van der Waals surface area contributed by atoms with Crippen LogP contribution in [0.3, 0.4) is 0 Å². The molecule has 0 aliphatic heterocycles. The molecule has 2 aromatic rings. The van der Waals surface area contributed by atoms with Gasteiger partial charge in [-0.05, 0) is 27.9 Å². The van der Waals surface area contributed by atoms with Crippen LogP contribution in [-0.2, 0) is 0 Å². The summed E-state index contributed by atoms with van der Waals surface area (Å²) in [5, 5.41) is 5.30. The van der Waals surface area contributed by atoms with Crippen molar-refractivity contribution in [3.8, 4) is 0 Å². The van der Waals surface area contributed by atoms with Crippen LogP contribution in [0, 0.1) is 6.92 Å². The molecule has 0 amide bonds. The molecule has 1 heterocycles. The summed E-state index contributed by atoms with van der Waals surface area (Å²) in [4.78, 5) is 0. The van der Waals surface area contributed by atoms with E-state index in [2.05, 4.69) is 39.6 Å². The second kappa shape index (κ2) is 2.31. The molecule has 0 saturated carbocycles. The molecule has 2 nitrogen and oxygen atoms in total. The molecule has 56 valence electrons. The normalized spacial score (nSPS) is 10.7. The Morgan fingerprint density at radius 3 is 3.09 bits per heavy atom. The van der Waals surface area contributed by atoms with Gasteiger partial charge in [-0.3, -0.25) is 4.45 Å². The highest BCUT2D eigenvalue weighted by Crippen LogP contribution is 2.16. The number of nitrogens with zero attached hydrogens (tertiary/aromatic N) is 2. The first-order valence-electron chi connectivity index (χ1n) is 3.47. The van der Waals surface area contributed by atoms with Crippen LogP contribution in [-0.4, -0.2) is 9.55 Å². The number of fused-ring (bicyclic) bond motifs is 1. The van der Waals surface area contributed by atoms with Crippen LogP contribution in [0.15, 0.2) is 24.4 Å². The zero-order valence-corrected chi connectivity index (χ0v) is 7.44. The quantitative estimate of drug-likeness (QED) is 0.544. The Labute approximate surface area is 67.5 Å². The predicted molar refractivity (Wildman–Crippen MR) is 49.6 cm³/mol. The minimum absolute atomic E-state index is 1.16. The summed E-state index contributed by atoms with van der Waals surface area (Å²) < 4.78 is 1.81. The lowest BCUT2D eigenvalue weighted by molar-refractivity contribution is 1.04. The lowest BCUT2D eigenvalue weighted by Gasteiger charge is -1.94. The minimum atomic E-state index is 1.16. The van der Waals surface area contributed by atoms with E-state index in [0.717, 1.165) is 5.52 Å². The number of hydrogen-bond donors (Lipinski definition) is 0. The van der Waals surface area contributed by atoms with Crippen LogP contribution < -0.4 is 0 Å². The topological polar surface area (TPSA) is 17.8 Å². The zero-order valence-electron chi connectivity index (χ0n) is 6.28. The highest BCUT2D eigenvalue weighted by atomic mass is 31.0. The molecule has 2 rings (SSSR count). The Balaban J connectivity index is 2.87. The smallest absolute Gasteiger partial charge is 0.0719 e. The molecule has 1 atom stereocenters. The van der Waals surface area contributed by atoms with E-state index >= 15 is 0 Å². The van der Waals surface area contributed by atoms with Crippen molar-refractivity contribution in [1.82, 2.24) is 9.55 Å². The van der Waals surface area contributed by atoms with Crippen LogP contribution in [0.1, 0.15) is 5.56 Å². The summed E-state index contributed by atoms with van der Waals surface area (Å²) >= 11 is 0. The van der Waals surface area contributed by atoms with Crippen LogP contribution in [0.2, 0.25) is 0 Å². The molecule has 0 saturated heterocycles. The number of benzene rings is 1. The Kier molecular flexibility index (Phi) is 1.43. The van der Waals surface area contributed by atoms with Gasteiger partial charge in [0.2, 0.25) is 0 Å². The third-order valence-electron chi connectivity index (χ3n) is 1.75. The number of hydrogen-bond acceptors (Lipinski definition) is 1. The molecular weight excluding hydrogens is 155 g/mol. The monoisotopic (exact) mass is 164 g/mol. The van der Waals surface area contributed by atoms with E-state index in [4.69, 9.17) is 0 Å². The van der Waals surface area contributed by atoms with Gasteiger partial charge in [0.25, 0.3) is 0 Å². The van der Waals surface area contributed by atoms with Crippen molar-refractivity contribution in [3.05, 3.63) is 30.0 Å². The van der Waals surface area contributed by atoms with Gasteiger partial charge in [0.05, 0.1) is 11.7 Å². The zero-order chi connectivity index (χ0) is 7.84. The average Bonchev–Trinajstić information content (AvgIpc) is 2.33. The number of aromatic nitrogens is 2. The summed E-state index contributed by atoms with van der Waals surface area (Å²) in [6.45, 7) is 2.08. The van der Waals surface area contributed by atoms with Gasteiger partial charge in [-0.25, -0.2) is 0 Å². The fourth-order valence-electron chi connectivity index (χ4n) is 1.15. The van der Waals surface area contributed by atoms with E-state index in [1.807, 2.05) is 10.6 Å². The van der Waals surface area contributed by atoms with Gasteiger partial charge in [-0.15, -0.1) is 0 Å². The lowest BCUT2D eigenvalue weighted by atomic mass is 10.2. The minimum Gasteiger partial charge on any atom is -0.251 e. The highest BCUT2D eigenvalue weighted by Gasteiger charge is 1.97. The van der Waals surface area contributed by atoms with Crippen molar-refractivity contribution < 1.29 is 0 Å². The average molecular weight is 164 g/mol. The summed E-state index contributed by atoms with van der Waals surface area (Å²) in [6.07, 6.45) is 1.86. The SMILES string of the molecule is Cc1ccc2cnn(P)c2c1. The van der Waals surface area contributed by atoms with E-state index in [1.54, 1.807) is 0 Å². The van der Waals surface area contributed by atoms with Gasteiger partial charge in [0.15, 0.2) is 0 Å². The van der Waals surface area contributed by atoms with E-state index in [9.17, 15) is 0 Å². The third-order valence-corrected chi connectivity index (χ3v) is 2.17. The van der Waals surface area contributed by atoms with Crippen molar-refractivity contribution in [2.45, 2.75) is 6.92 Å². The second-order valence-electron chi connectivity index (χ2n) is 2.65. The number of rotatable bonds is 0. The predicted octanol–water partition coefficient (Wildman–Crippen LogP) is 1.98. The Morgan fingerprint density at radius 2 is 2.27 bits per heavy atom. The number of aryl methyl sites for hydroxylation is 1. The van der Waals surface area contributed by atoms with Gasteiger partial charge in [-0.1, -0.05) is 12.1 Å². The molecular formula is C8H9N2P. The van der Waals surface area contributed by atoms with Crippen LogP contribution in [0.5, 0.6) is 0 Å². The standard InChI is InChI=1S/C8H9N2P/c1-6-2-3-7-5-9-10(11)8(7)4-6/h2-5H,11H2,1H3. The van der Waals surface area contributed by atoms with E-state index in [0.29, 0.717) is 0 Å². The maximum absolute atomic E-state index is 4.12. The van der Waals surface area contributed by atoms with Crippen molar-refractivity contribution in [3.63, 3.8) is 0 Å². The molecule has 0 bridgehead atoms. The van der Waals surface area contributed by atoms with Crippen molar-refractivity contribution in [1.29, 1.82) is 0 Å². The third kappa shape index (κ3) is 1.04. The largest absolute Gasteiger partial charge is 0.251 e. The molecule has 0 fully saturated rings. The Morgan fingerprint density at radius 1 is 1.45 bits per heavy atom. The van der Waals surface area contributed by atoms with Gasteiger partial charge >= 0.3 is 0 Å². The summed E-state index contributed by atoms with van der Waals surface area (Å²) in [6, 6.07) is 6.29. The molecule has 0 aliphatic rings. The Hall–Kier alpha value is -0.880. The lowest BCUT2D eigenvalue weighted by Crippen LogP contribution is -1.79. The molecule has 1 aromatic carbocycles. The molecule has 1 unspecified atom stereocenters. The van der Waals surface area contributed by atoms with E-state index in [-0.39, 0.29) is 0 Å². The summed E-state index contributed by atoms with van der Waals surface area (Å²) in [5.41, 5.74) is 2.43. The van der Waals surface area contributed by atoms with E-state index in [1.165, 1.54) is 10.9 Å². The second-order valence-corrected chi connectivity index (χ2v) is 3.14. The maximum atomic E-state index is 4.12. The van der Waals surface area contributed by atoms with Gasteiger partial charge in [-0.2, -0.15) is 5.10 Å². The first-order valence-corrected chi connectivity index (χ1v) is 3.98. The summed E-state index contributed by atoms with van der Waals surface area (Å²) in [7, 11) is 2.56. The molecule has 3 heteroatoms. The van der Waals surface area contributed by atoms with Gasteiger partial charge < -0.3 is 0 Å². The maximum Gasteiger partial charge on any atom is 0.0719 e.